The summed E-state index contributed by atoms with van der Waals surface area (Å²) in [6.07, 6.45) is 2.17. The van der Waals surface area contributed by atoms with Crippen molar-refractivity contribution >= 4 is 12.6 Å². The van der Waals surface area contributed by atoms with Crippen LogP contribution in [0.15, 0.2) is 12.3 Å². The Morgan fingerprint density at radius 1 is 1.55 bits per heavy atom. The molecular weight excluding hydrogens is 154 g/mol. The molecule has 1 nitrogen and oxygen atoms in total. The summed E-state index contributed by atoms with van der Waals surface area (Å²) in [7, 11) is 0. The zero-order valence-electron chi connectivity index (χ0n) is 7.56. The van der Waals surface area contributed by atoms with Crippen molar-refractivity contribution in [2.45, 2.75) is 26.7 Å². The molecule has 2 heteroatoms. The fraction of sp³-hybridized carbons (Fsp3) is 0.778. The molecule has 0 saturated carbocycles. The molecule has 1 N–H and O–H groups in total. The molecule has 0 radical (unpaired) electrons. The molecule has 0 aromatic heterocycles. The van der Waals surface area contributed by atoms with Gasteiger partial charge >= 0.3 is 0 Å². The van der Waals surface area contributed by atoms with Crippen LogP contribution in [-0.2, 0) is 0 Å². The van der Waals surface area contributed by atoms with Gasteiger partial charge in [0, 0.05) is 12.2 Å². The lowest BCUT2D eigenvalue weighted by atomic mass is 10.2. The third kappa shape index (κ3) is 7.79. The van der Waals surface area contributed by atoms with Crippen LogP contribution in [0.3, 0.4) is 0 Å². The molecule has 66 valence electrons. The van der Waals surface area contributed by atoms with Gasteiger partial charge in [0.25, 0.3) is 0 Å². The van der Waals surface area contributed by atoms with Crippen molar-refractivity contribution in [1.82, 2.24) is 5.32 Å². The number of allylic oxidation sites excluding steroid dienone is 1. The molecule has 0 bridgehead atoms. The highest BCUT2D eigenvalue weighted by Crippen LogP contribution is 2.00. The zero-order chi connectivity index (χ0) is 8.69. The Bertz CT molecular complexity index is 110. The van der Waals surface area contributed by atoms with Gasteiger partial charge in [0.05, 0.1) is 0 Å². The monoisotopic (exact) mass is 173 g/mol. The maximum atomic E-state index is 4.14. The summed E-state index contributed by atoms with van der Waals surface area (Å²) in [5.41, 5.74) is 1.15. The van der Waals surface area contributed by atoms with E-state index in [9.17, 15) is 0 Å². The summed E-state index contributed by atoms with van der Waals surface area (Å²) in [6.45, 7) is 9.34. The minimum atomic E-state index is 0.697. The van der Waals surface area contributed by atoms with Gasteiger partial charge in [-0.2, -0.15) is 12.6 Å². The summed E-state index contributed by atoms with van der Waals surface area (Å²) in [5, 5.41) is 3.29. The third-order valence-corrected chi connectivity index (χ3v) is 1.71. The topological polar surface area (TPSA) is 12.0 Å². The molecule has 0 saturated heterocycles. The van der Waals surface area contributed by atoms with E-state index in [1.54, 1.807) is 0 Å². The maximum absolute atomic E-state index is 4.14. The van der Waals surface area contributed by atoms with Crippen LogP contribution in [0.5, 0.6) is 0 Å². The van der Waals surface area contributed by atoms with Gasteiger partial charge in [0.2, 0.25) is 0 Å². The van der Waals surface area contributed by atoms with Gasteiger partial charge in [0.15, 0.2) is 0 Å². The van der Waals surface area contributed by atoms with Crippen LogP contribution >= 0.6 is 12.6 Å². The molecule has 0 unspecified atom stereocenters. The Labute approximate surface area is 75.7 Å². The van der Waals surface area contributed by atoms with Gasteiger partial charge in [-0.1, -0.05) is 20.4 Å². The highest BCUT2D eigenvalue weighted by Gasteiger charge is 1.94. The van der Waals surface area contributed by atoms with E-state index < -0.39 is 0 Å². The highest BCUT2D eigenvalue weighted by atomic mass is 32.1. The zero-order valence-corrected chi connectivity index (χ0v) is 8.45. The van der Waals surface area contributed by atoms with Gasteiger partial charge in [-0.15, -0.1) is 0 Å². The first kappa shape index (κ1) is 10.9. The minimum absolute atomic E-state index is 0.697. The fourth-order valence-electron chi connectivity index (χ4n) is 0.729. The van der Waals surface area contributed by atoms with Crippen molar-refractivity contribution in [1.29, 1.82) is 0 Å². The lowest BCUT2D eigenvalue weighted by molar-refractivity contribution is 0.584. The van der Waals surface area contributed by atoms with Gasteiger partial charge in [-0.25, -0.2) is 0 Å². The number of nitrogens with one attached hydrogen (secondary N) is 1. The molecule has 0 rings (SSSR count). The van der Waals surface area contributed by atoms with E-state index in [0.29, 0.717) is 5.92 Å². The van der Waals surface area contributed by atoms with Gasteiger partial charge in [-0.05, 0) is 24.5 Å². The van der Waals surface area contributed by atoms with Crippen molar-refractivity contribution in [3.05, 3.63) is 12.3 Å². The average Bonchev–Trinajstić information content (AvgIpc) is 1.97. The lowest BCUT2D eigenvalue weighted by Crippen LogP contribution is -2.18. The Hall–Kier alpha value is -0.110. The second-order valence-corrected chi connectivity index (χ2v) is 3.65. The van der Waals surface area contributed by atoms with Crippen LogP contribution in [0.25, 0.3) is 0 Å². The second kappa shape index (κ2) is 6.59. The first-order valence-corrected chi connectivity index (χ1v) is 4.82. The molecule has 0 aromatic carbocycles. The van der Waals surface area contributed by atoms with Crippen LogP contribution in [-0.4, -0.2) is 12.3 Å². The number of rotatable bonds is 6. The van der Waals surface area contributed by atoms with E-state index in [0.717, 1.165) is 30.8 Å². The van der Waals surface area contributed by atoms with E-state index >= 15 is 0 Å². The highest BCUT2D eigenvalue weighted by molar-refractivity contribution is 7.80. The van der Waals surface area contributed by atoms with Crippen LogP contribution in [0.4, 0.5) is 0 Å². The van der Waals surface area contributed by atoms with Crippen molar-refractivity contribution in [3.63, 3.8) is 0 Å². The molecule has 0 spiro atoms. The summed E-state index contributed by atoms with van der Waals surface area (Å²) in [6, 6.07) is 0. The predicted molar refractivity (Wildman–Crippen MR) is 55.1 cm³/mol. The molecule has 0 aromatic rings. The van der Waals surface area contributed by atoms with E-state index in [2.05, 4.69) is 38.4 Å². The van der Waals surface area contributed by atoms with E-state index in [1.807, 2.05) is 0 Å². The third-order valence-electron chi connectivity index (χ3n) is 1.40. The predicted octanol–water partition coefficient (Wildman–Crippen LogP) is 2.46. The first-order chi connectivity index (χ1) is 5.16. The summed E-state index contributed by atoms with van der Waals surface area (Å²) >= 11 is 4.14. The molecule has 0 aliphatic heterocycles. The van der Waals surface area contributed by atoms with Crippen molar-refractivity contribution in [2.24, 2.45) is 5.92 Å². The van der Waals surface area contributed by atoms with Crippen LogP contribution in [0.1, 0.15) is 26.7 Å². The lowest BCUT2D eigenvalue weighted by Gasteiger charge is -2.10. The van der Waals surface area contributed by atoms with Crippen LogP contribution < -0.4 is 5.32 Å². The maximum Gasteiger partial charge on any atom is 0.0166 e. The average molecular weight is 173 g/mol. The van der Waals surface area contributed by atoms with Crippen LogP contribution in [0.2, 0.25) is 0 Å². The number of thiol groups is 1. The van der Waals surface area contributed by atoms with Crippen LogP contribution in [0, 0.1) is 5.92 Å². The Balaban J connectivity index is 3.23. The molecule has 0 amide bonds. The molecule has 0 aliphatic rings. The molecule has 0 atom stereocenters. The second-order valence-electron chi connectivity index (χ2n) is 3.21. The minimum Gasteiger partial charge on any atom is -0.389 e. The molecule has 0 heterocycles. The van der Waals surface area contributed by atoms with Gasteiger partial charge < -0.3 is 5.32 Å². The standard InChI is InChI=1S/C9H19NS/c1-8(2)7-10-9(3)5-4-6-11/h8,10-11H,3-7H2,1-2H3. The van der Waals surface area contributed by atoms with Crippen molar-refractivity contribution in [2.75, 3.05) is 12.3 Å². The normalized spacial score (nSPS) is 10.2. The molecule has 0 aliphatic carbocycles. The summed E-state index contributed by atoms with van der Waals surface area (Å²) in [5.74, 6) is 1.64. The largest absolute Gasteiger partial charge is 0.389 e. The Morgan fingerprint density at radius 2 is 2.18 bits per heavy atom. The number of hydrogen-bond acceptors (Lipinski definition) is 2. The van der Waals surface area contributed by atoms with E-state index in [1.165, 1.54) is 0 Å². The first-order valence-electron chi connectivity index (χ1n) is 4.19. The van der Waals surface area contributed by atoms with Gasteiger partial charge in [0.1, 0.15) is 0 Å². The van der Waals surface area contributed by atoms with Crippen molar-refractivity contribution < 1.29 is 0 Å². The summed E-state index contributed by atoms with van der Waals surface area (Å²) in [4.78, 5) is 0. The molecule has 0 fully saturated rings. The Morgan fingerprint density at radius 3 is 2.64 bits per heavy atom. The fourth-order valence-corrected chi connectivity index (χ4v) is 0.887. The van der Waals surface area contributed by atoms with E-state index in [-0.39, 0.29) is 0 Å². The SMILES string of the molecule is C=C(CCCS)NCC(C)C. The quantitative estimate of drug-likeness (QED) is 0.588. The Kier molecular flexibility index (Phi) is 6.52. The van der Waals surface area contributed by atoms with Gasteiger partial charge in [-0.3, -0.25) is 0 Å². The smallest absolute Gasteiger partial charge is 0.0166 e. The molecular formula is C9H19NS. The van der Waals surface area contributed by atoms with Crippen molar-refractivity contribution in [3.8, 4) is 0 Å². The molecule has 11 heavy (non-hydrogen) atoms. The number of hydrogen-bond donors (Lipinski definition) is 2. The summed E-state index contributed by atoms with van der Waals surface area (Å²) < 4.78 is 0. The van der Waals surface area contributed by atoms with E-state index in [4.69, 9.17) is 0 Å².